The van der Waals surface area contributed by atoms with Gasteiger partial charge in [-0.2, -0.15) is 0 Å². The van der Waals surface area contributed by atoms with Gasteiger partial charge < -0.3 is 9.88 Å². The lowest BCUT2D eigenvalue weighted by molar-refractivity contribution is -0.127. The number of carbonyl (C=O) groups excluding carboxylic acids is 1. The Morgan fingerprint density at radius 3 is 2.64 bits per heavy atom. The summed E-state index contributed by atoms with van der Waals surface area (Å²) < 4.78 is 2.20. The third-order valence-electron chi connectivity index (χ3n) is 5.79. The maximum atomic E-state index is 12.6. The van der Waals surface area contributed by atoms with Crippen LogP contribution in [-0.2, 0) is 17.9 Å². The molecule has 1 aliphatic carbocycles. The monoisotopic (exact) mass is 347 g/mol. The summed E-state index contributed by atoms with van der Waals surface area (Å²) in [4.78, 5) is 21.8. The van der Waals surface area contributed by atoms with Gasteiger partial charge >= 0.3 is 0 Å². The quantitative estimate of drug-likeness (QED) is 0.853. The van der Waals surface area contributed by atoms with Gasteiger partial charge in [-0.25, -0.2) is 4.98 Å². The van der Waals surface area contributed by atoms with Gasteiger partial charge in [-0.05, 0) is 26.7 Å². The number of nitrogens with one attached hydrogen (secondary N) is 1. The predicted molar refractivity (Wildman–Crippen MR) is 99.2 cm³/mol. The van der Waals surface area contributed by atoms with E-state index >= 15 is 0 Å². The van der Waals surface area contributed by atoms with Crippen LogP contribution in [0.2, 0.25) is 0 Å². The van der Waals surface area contributed by atoms with Crippen molar-refractivity contribution >= 4 is 5.91 Å². The van der Waals surface area contributed by atoms with Crippen molar-refractivity contribution in [3.05, 3.63) is 18.2 Å². The SMILES string of the molecule is CCn1ccnc1CN1CCN(C(C)C(=O)NC2CCCCC2)CC1. The van der Waals surface area contributed by atoms with E-state index in [1.807, 2.05) is 12.4 Å². The zero-order valence-electron chi connectivity index (χ0n) is 15.8. The van der Waals surface area contributed by atoms with E-state index < -0.39 is 0 Å². The van der Waals surface area contributed by atoms with Gasteiger partial charge in [0.15, 0.2) is 0 Å². The number of hydrogen-bond acceptors (Lipinski definition) is 4. The fraction of sp³-hybridized carbons (Fsp3) is 0.789. The molecular weight excluding hydrogens is 314 g/mol. The minimum atomic E-state index is -0.0262. The molecule has 1 saturated carbocycles. The van der Waals surface area contributed by atoms with Crippen molar-refractivity contribution in [3.8, 4) is 0 Å². The Morgan fingerprint density at radius 2 is 1.96 bits per heavy atom. The average molecular weight is 348 g/mol. The Hall–Kier alpha value is -1.40. The smallest absolute Gasteiger partial charge is 0.237 e. The molecule has 0 spiro atoms. The van der Waals surface area contributed by atoms with E-state index in [1.165, 1.54) is 19.3 Å². The zero-order valence-corrected chi connectivity index (χ0v) is 15.8. The second-order valence-corrected chi connectivity index (χ2v) is 7.46. The molecule has 25 heavy (non-hydrogen) atoms. The van der Waals surface area contributed by atoms with Crippen molar-refractivity contribution < 1.29 is 4.79 Å². The van der Waals surface area contributed by atoms with E-state index in [2.05, 4.69) is 38.5 Å². The number of carbonyl (C=O) groups is 1. The Balaban J connectivity index is 1.44. The molecule has 0 radical (unpaired) electrons. The number of aryl methyl sites for hydroxylation is 1. The van der Waals surface area contributed by atoms with Crippen molar-refractivity contribution in [1.82, 2.24) is 24.7 Å². The molecule has 140 valence electrons. The van der Waals surface area contributed by atoms with Crippen LogP contribution in [0.25, 0.3) is 0 Å². The first-order valence-electron chi connectivity index (χ1n) is 9.94. The van der Waals surface area contributed by atoms with Crippen LogP contribution in [0.4, 0.5) is 0 Å². The molecule has 6 heteroatoms. The van der Waals surface area contributed by atoms with Crippen molar-refractivity contribution in [3.63, 3.8) is 0 Å². The molecule has 1 unspecified atom stereocenters. The standard InChI is InChI=1S/C19H33N5O/c1-3-23-10-9-20-18(23)15-22-11-13-24(14-12-22)16(2)19(25)21-17-7-5-4-6-8-17/h9-10,16-17H,3-8,11-15H2,1-2H3,(H,21,25). The molecular formula is C19H33N5O. The molecule has 1 N–H and O–H groups in total. The van der Waals surface area contributed by atoms with Crippen LogP contribution in [-0.4, -0.2) is 63.5 Å². The van der Waals surface area contributed by atoms with Crippen LogP contribution in [0.1, 0.15) is 51.8 Å². The van der Waals surface area contributed by atoms with Crippen LogP contribution in [0.15, 0.2) is 12.4 Å². The summed E-state index contributed by atoms with van der Waals surface area (Å²) in [6, 6.07) is 0.375. The summed E-state index contributed by atoms with van der Waals surface area (Å²) in [7, 11) is 0. The summed E-state index contributed by atoms with van der Waals surface area (Å²) in [6.07, 6.45) is 10.1. The Kier molecular flexibility index (Phi) is 6.48. The highest BCUT2D eigenvalue weighted by Crippen LogP contribution is 2.18. The highest BCUT2D eigenvalue weighted by Gasteiger charge is 2.27. The molecule has 0 bridgehead atoms. The van der Waals surface area contributed by atoms with Crippen LogP contribution >= 0.6 is 0 Å². The first-order valence-corrected chi connectivity index (χ1v) is 9.94. The molecule has 6 nitrogen and oxygen atoms in total. The number of nitrogens with zero attached hydrogens (tertiary/aromatic N) is 4. The molecule has 1 aliphatic heterocycles. The van der Waals surface area contributed by atoms with E-state index in [0.717, 1.165) is 57.9 Å². The zero-order chi connectivity index (χ0) is 17.6. The molecule has 3 rings (SSSR count). The largest absolute Gasteiger partial charge is 0.352 e. The minimum absolute atomic E-state index is 0.0262. The van der Waals surface area contributed by atoms with Gasteiger partial charge in [-0.1, -0.05) is 19.3 Å². The van der Waals surface area contributed by atoms with E-state index in [-0.39, 0.29) is 11.9 Å². The van der Waals surface area contributed by atoms with Crippen molar-refractivity contribution in [2.75, 3.05) is 26.2 Å². The lowest BCUT2D eigenvalue weighted by atomic mass is 9.95. The molecule has 1 aromatic heterocycles. The molecule has 2 heterocycles. The topological polar surface area (TPSA) is 53.4 Å². The molecule has 1 atom stereocenters. The second kappa shape index (κ2) is 8.81. The number of imidazole rings is 1. The maximum absolute atomic E-state index is 12.6. The molecule has 0 aromatic carbocycles. The first kappa shape index (κ1) is 18.4. The number of aromatic nitrogens is 2. The molecule has 1 saturated heterocycles. The predicted octanol–water partition coefficient (Wildman–Crippen LogP) is 1.86. The number of amides is 1. The average Bonchev–Trinajstić information content (AvgIpc) is 3.09. The number of hydrogen-bond donors (Lipinski definition) is 1. The fourth-order valence-corrected chi connectivity index (χ4v) is 4.02. The van der Waals surface area contributed by atoms with E-state index in [1.54, 1.807) is 0 Å². The summed E-state index contributed by atoms with van der Waals surface area (Å²) in [6.45, 7) is 9.96. The van der Waals surface area contributed by atoms with Crippen LogP contribution in [0.5, 0.6) is 0 Å². The van der Waals surface area contributed by atoms with E-state index in [4.69, 9.17) is 0 Å². The Bertz CT molecular complexity index is 544. The Labute approximate surface area is 151 Å². The van der Waals surface area contributed by atoms with Gasteiger partial charge in [0, 0.05) is 51.2 Å². The van der Waals surface area contributed by atoms with Gasteiger partial charge in [-0.15, -0.1) is 0 Å². The lowest BCUT2D eigenvalue weighted by Gasteiger charge is -2.38. The first-order chi connectivity index (χ1) is 12.2. The summed E-state index contributed by atoms with van der Waals surface area (Å²) in [5, 5.41) is 3.27. The third kappa shape index (κ3) is 4.82. The number of piperazine rings is 1. The number of rotatable bonds is 6. The molecule has 1 amide bonds. The van der Waals surface area contributed by atoms with Gasteiger partial charge in [0.25, 0.3) is 0 Å². The second-order valence-electron chi connectivity index (χ2n) is 7.46. The highest BCUT2D eigenvalue weighted by atomic mass is 16.2. The molecule has 2 aliphatic rings. The van der Waals surface area contributed by atoms with Crippen molar-refractivity contribution in [2.24, 2.45) is 0 Å². The van der Waals surface area contributed by atoms with Gasteiger partial charge in [0.05, 0.1) is 12.6 Å². The highest BCUT2D eigenvalue weighted by molar-refractivity contribution is 5.81. The van der Waals surface area contributed by atoms with Crippen LogP contribution in [0.3, 0.4) is 0 Å². The summed E-state index contributed by atoms with van der Waals surface area (Å²) >= 11 is 0. The van der Waals surface area contributed by atoms with E-state index in [9.17, 15) is 4.79 Å². The van der Waals surface area contributed by atoms with Gasteiger partial charge in [-0.3, -0.25) is 14.6 Å². The van der Waals surface area contributed by atoms with Crippen LogP contribution < -0.4 is 5.32 Å². The fourth-order valence-electron chi connectivity index (χ4n) is 4.02. The molecule has 1 aromatic rings. The summed E-state index contributed by atoms with van der Waals surface area (Å²) in [5.41, 5.74) is 0. The molecule has 2 fully saturated rings. The van der Waals surface area contributed by atoms with Gasteiger partial charge in [0.1, 0.15) is 5.82 Å². The normalized spacial score (nSPS) is 22.0. The van der Waals surface area contributed by atoms with Crippen molar-refractivity contribution in [1.29, 1.82) is 0 Å². The minimum Gasteiger partial charge on any atom is -0.352 e. The van der Waals surface area contributed by atoms with Gasteiger partial charge in [0.2, 0.25) is 5.91 Å². The summed E-state index contributed by atoms with van der Waals surface area (Å²) in [5.74, 6) is 1.35. The van der Waals surface area contributed by atoms with Crippen molar-refractivity contribution in [2.45, 2.75) is 71.1 Å². The third-order valence-corrected chi connectivity index (χ3v) is 5.79. The maximum Gasteiger partial charge on any atom is 0.237 e. The lowest BCUT2D eigenvalue weighted by Crippen LogP contribution is -2.55. The van der Waals surface area contributed by atoms with E-state index in [0.29, 0.717) is 6.04 Å². The van der Waals surface area contributed by atoms with Crippen LogP contribution in [0, 0.1) is 0 Å². The Morgan fingerprint density at radius 1 is 1.24 bits per heavy atom.